The highest BCUT2D eigenvalue weighted by Gasteiger charge is 2.54. The number of pyridine rings is 1. The average molecular weight is 568 g/mol. The SMILES string of the molecule is COC1CC23CCCCN(C2)C(=O)c2c(OCc4ccccc4)c(=O)c(C(=O)NCc4c(F)cc(F)cc4F)c1n23. The van der Waals surface area contributed by atoms with Crippen molar-refractivity contribution in [2.75, 3.05) is 20.2 Å². The zero-order chi connectivity index (χ0) is 28.9. The number of carbonyl (C=O) groups is 2. The molecule has 1 N–H and O–H groups in total. The number of amides is 2. The van der Waals surface area contributed by atoms with Gasteiger partial charge >= 0.3 is 0 Å². The molecule has 1 fully saturated rings. The van der Waals surface area contributed by atoms with Crippen molar-refractivity contribution in [3.8, 4) is 5.75 Å². The monoisotopic (exact) mass is 567 g/mol. The maximum absolute atomic E-state index is 14.3. The van der Waals surface area contributed by atoms with Crippen LogP contribution in [0.3, 0.4) is 0 Å². The van der Waals surface area contributed by atoms with Crippen LogP contribution >= 0.6 is 0 Å². The molecule has 0 radical (unpaired) electrons. The van der Waals surface area contributed by atoms with Crippen molar-refractivity contribution in [1.29, 1.82) is 0 Å². The molecule has 4 heterocycles. The minimum Gasteiger partial charge on any atom is -0.483 e. The van der Waals surface area contributed by atoms with Crippen molar-refractivity contribution < 1.29 is 32.2 Å². The fourth-order valence-electron chi connectivity index (χ4n) is 6.41. The Morgan fingerprint density at radius 3 is 2.54 bits per heavy atom. The van der Waals surface area contributed by atoms with Crippen LogP contribution in [-0.4, -0.2) is 41.5 Å². The smallest absolute Gasteiger partial charge is 0.274 e. The molecular weight excluding hydrogens is 539 g/mol. The number of fused-ring (bicyclic) bond motifs is 1. The predicted octanol–water partition coefficient (Wildman–Crippen LogP) is 4.20. The Labute approximate surface area is 233 Å². The average Bonchev–Trinajstić information content (AvgIpc) is 3.12. The zero-order valence-electron chi connectivity index (χ0n) is 22.3. The van der Waals surface area contributed by atoms with Gasteiger partial charge in [0.1, 0.15) is 35.7 Å². The van der Waals surface area contributed by atoms with Gasteiger partial charge in [-0.05, 0) is 24.8 Å². The van der Waals surface area contributed by atoms with Gasteiger partial charge in [-0.3, -0.25) is 14.4 Å². The lowest BCUT2D eigenvalue weighted by Crippen LogP contribution is -2.52. The normalized spacial score (nSPS) is 20.9. The first kappa shape index (κ1) is 27.1. The summed E-state index contributed by atoms with van der Waals surface area (Å²) in [5.74, 6) is -4.94. The van der Waals surface area contributed by atoms with E-state index in [1.54, 1.807) is 9.47 Å². The third-order valence-electron chi connectivity index (χ3n) is 8.28. The van der Waals surface area contributed by atoms with E-state index >= 15 is 0 Å². The number of benzene rings is 2. The molecule has 11 heteroatoms. The lowest BCUT2D eigenvalue weighted by Gasteiger charge is -2.42. The highest BCUT2D eigenvalue weighted by molar-refractivity contribution is 6.01. The maximum Gasteiger partial charge on any atom is 0.274 e. The van der Waals surface area contributed by atoms with E-state index in [2.05, 4.69) is 5.32 Å². The minimum atomic E-state index is -1.17. The van der Waals surface area contributed by atoms with Crippen LogP contribution in [0.2, 0.25) is 0 Å². The van der Waals surface area contributed by atoms with Crippen molar-refractivity contribution >= 4 is 11.8 Å². The molecule has 2 aromatic carbocycles. The van der Waals surface area contributed by atoms with E-state index < -0.39 is 52.5 Å². The number of rotatable bonds is 7. The van der Waals surface area contributed by atoms with Crippen LogP contribution in [0, 0.1) is 17.5 Å². The molecule has 1 saturated heterocycles. The molecule has 3 aromatic rings. The third-order valence-corrected chi connectivity index (χ3v) is 8.28. The van der Waals surface area contributed by atoms with E-state index in [0.29, 0.717) is 38.1 Å². The van der Waals surface area contributed by atoms with Gasteiger partial charge in [0, 0.05) is 50.9 Å². The first-order valence-electron chi connectivity index (χ1n) is 13.5. The second-order valence-electron chi connectivity index (χ2n) is 10.7. The van der Waals surface area contributed by atoms with Gasteiger partial charge in [-0.15, -0.1) is 0 Å². The van der Waals surface area contributed by atoms with Gasteiger partial charge in [-0.2, -0.15) is 0 Å². The number of methoxy groups -OCH3 is 1. The van der Waals surface area contributed by atoms with Crippen LogP contribution in [0.4, 0.5) is 13.2 Å². The number of nitrogens with one attached hydrogen (secondary N) is 1. The summed E-state index contributed by atoms with van der Waals surface area (Å²) in [4.78, 5) is 43.3. The predicted molar refractivity (Wildman–Crippen MR) is 141 cm³/mol. The number of ether oxygens (including phenoxy) is 2. The highest BCUT2D eigenvalue weighted by atomic mass is 19.1. The summed E-state index contributed by atoms with van der Waals surface area (Å²) < 4.78 is 55.6. The molecule has 2 atom stereocenters. The fourth-order valence-corrected chi connectivity index (χ4v) is 6.41. The van der Waals surface area contributed by atoms with Crippen molar-refractivity contribution in [3.05, 3.63) is 98.2 Å². The largest absolute Gasteiger partial charge is 0.483 e. The summed E-state index contributed by atoms with van der Waals surface area (Å²) in [5, 5.41) is 2.42. The second-order valence-corrected chi connectivity index (χ2v) is 10.7. The highest BCUT2D eigenvalue weighted by Crippen LogP contribution is 2.50. The van der Waals surface area contributed by atoms with Gasteiger partial charge in [0.15, 0.2) is 11.4 Å². The Kier molecular flexibility index (Phi) is 6.85. The van der Waals surface area contributed by atoms with E-state index in [9.17, 15) is 27.6 Å². The molecule has 41 heavy (non-hydrogen) atoms. The number of hydrogen-bond acceptors (Lipinski definition) is 5. The molecule has 0 aliphatic carbocycles. The summed E-state index contributed by atoms with van der Waals surface area (Å²) >= 11 is 0. The summed E-state index contributed by atoms with van der Waals surface area (Å²) in [6, 6.07) is 10.1. The quantitative estimate of drug-likeness (QED) is 0.462. The van der Waals surface area contributed by atoms with Gasteiger partial charge in [-0.1, -0.05) is 30.3 Å². The summed E-state index contributed by atoms with van der Waals surface area (Å²) in [7, 11) is 1.47. The van der Waals surface area contributed by atoms with E-state index in [1.807, 2.05) is 30.3 Å². The number of hydrogen-bond donors (Lipinski definition) is 1. The molecule has 3 aliphatic rings. The van der Waals surface area contributed by atoms with Gasteiger partial charge in [0.05, 0.1) is 11.2 Å². The van der Waals surface area contributed by atoms with Crippen molar-refractivity contribution in [2.45, 2.75) is 50.5 Å². The summed E-state index contributed by atoms with van der Waals surface area (Å²) in [5.41, 5.74) is -1.21. The van der Waals surface area contributed by atoms with Gasteiger partial charge < -0.3 is 24.3 Å². The minimum absolute atomic E-state index is 0.0243. The molecule has 0 saturated carbocycles. The van der Waals surface area contributed by atoms with Gasteiger partial charge in [0.25, 0.3) is 11.8 Å². The van der Waals surface area contributed by atoms with Crippen molar-refractivity contribution in [2.24, 2.45) is 0 Å². The number of nitrogens with zero attached hydrogens (tertiary/aromatic N) is 2. The molecular formula is C30H28F3N3O5. The zero-order valence-corrected chi connectivity index (χ0v) is 22.3. The van der Waals surface area contributed by atoms with E-state index in [1.165, 1.54) is 7.11 Å². The fraction of sp³-hybridized carbons (Fsp3) is 0.367. The van der Waals surface area contributed by atoms with Crippen LogP contribution in [0.5, 0.6) is 5.75 Å². The van der Waals surface area contributed by atoms with E-state index in [4.69, 9.17) is 9.47 Å². The molecule has 2 bridgehead atoms. The van der Waals surface area contributed by atoms with Gasteiger partial charge in [0.2, 0.25) is 5.43 Å². The number of aromatic nitrogens is 1. The number of halogens is 3. The molecule has 2 unspecified atom stereocenters. The molecule has 214 valence electrons. The van der Waals surface area contributed by atoms with Crippen LogP contribution in [0.15, 0.2) is 47.3 Å². The molecule has 3 aliphatic heterocycles. The Hall–Kier alpha value is -4.12. The molecule has 1 spiro atoms. The molecule has 2 amide bonds. The van der Waals surface area contributed by atoms with Crippen molar-refractivity contribution in [3.63, 3.8) is 0 Å². The van der Waals surface area contributed by atoms with Gasteiger partial charge in [-0.25, -0.2) is 13.2 Å². The second kappa shape index (κ2) is 10.4. The Bertz CT molecular complexity index is 1590. The Balaban J connectivity index is 1.50. The third kappa shape index (κ3) is 4.48. The van der Waals surface area contributed by atoms with E-state index in [-0.39, 0.29) is 35.2 Å². The van der Waals surface area contributed by atoms with E-state index in [0.717, 1.165) is 18.4 Å². The first-order valence-corrected chi connectivity index (χ1v) is 13.5. The molecule has 8 nitrogen and oxygen atoms in total. The lowest BCUT2D eigenvalue weighted by molar-refractivity contribution is 0.0494. The first-order chi connectivity index (χ1) is 19.7. The molecule has 6 rings (SSSR count). The lowest BCUT2D eigenvalue weighted by atomic mass is 9.88. The summed E-state index contributed by atoms with van der Waals surface area (Å²) in [6.45, 7) is 0.285. The van der Waals surface area contributed by atoms with Crippen molar-refractivity contribution in [1.82, 2.24) is 14.8 Å². The summed E-state index contributed by atoms with van der Waals surface area (Å²) in [6.07, 6.45) is 2.07. The standard InChI is InChI=1S/C30H28F3N3O5/c1-40-22-13-30-9-5-6-10-35(16-30)29(39)25-27(41-15-17-7-3-2-4-8-17)26(37)23(24(22)36(25)30)28(38)34-14-19-20(32)11-18(31)12-21(19)33/h2-4,7-8,11-12,22H,5-6,9-10,13-16H2,1H3,(H,34,38). The Morgan fingerprint density at radius 2 is 1.83 bits per heavy atom. The van der Waals surface area contributed by atoms with Crippen LogP contribution in [0.1, 0.15) is 69.5 Å². The van der Waals surface area contributed by atoms with Crippen LogP contribution < -0.4 is 15.5 Å². The van der Waals surface area contributed by atoms with Crippen LogP contribution in [-0.2, 0) is 23.4 Å². The molecule has 1 aromatic heterocycles. The maximum atomic E-state index is 14.3. The number of carbonyl (C=O) groups excluding carboxylic acids is 2. The van der Waals surface area contributed by atoms with Crippen LogP contribution in [0.25, 0.3) is 0 Å². The Morgan fingerprint density at radius 1 is 1.10 bits per heavy atom. The topological polar surface area (TPSA) is 89.9 Å².